The van der Waals surface area contributed by atoms with Gasteiger partial charge in [-0.2, -0.15) is 8.42 Å². The molecule has 0 aliphatic heterocycles. The minimum Gasteiger partial charge on any atom is -0.383 e. The zero-order valence-electron chi connectivity index (χ0n) is 10.9. The van der Waals surface area contributed by atoms with E-state index in [1.165, 1.54) is 6.07 Å². The number of benzene rings is 1. The van der Waals surface area contributed by atoms with E-state index in [1.54, 1.807) is 12.1 Å². The first-order valence-corrected chi connectivity index (χ1v) is 7.90. The molecular formula is C14H16O4S. The van der Waals surface area contributed by atoms with Crippen molar-refractivity contribution in [1.29, 1.82) is 0 Å². The minimum atomic E-state index is -3.56. The van der Waals surface area contributed by atoms with Gasteiger partial charge in [-0.15, -0.1) is 0 Å². The Bertz CT molecular complexity index is 629. The van der Waals surface area contributed by atoms with Gasteiger partial charge < -0.3 is 4.18 Å². The first kappa shape index (κ1) is 13.8. The summed E-state index contributed by atoms with van der Waals surface area (Å²) >= 11 is 0. The van der Waals surface area contributed by atoms with E-state index < -0.39 is 10.1 Å². The van der Waals surface area contributed by atoms with Crippen LogP contribution >= 0.6 is 0 Å². The van der Waals surface area contributed by atoms with E-state index in [1.807, 2.05) is 19.1 Å². The Morgan fingerprint density at radius 1 is 1.42 bits per heavy atom. The molecule has 1 atom stereocenters. The smallest absolute Gasteiger partial charge is 0.306 e. The highest BCUT2D eigenvalue weighted by Crippen LogP contribution is 2.32. The molecular weight excluding hydrogens is 264 g/mol. The number of fused-ring (bicyclic) bond motifs is 1. The molecule has 0 fully saturated rings. The molecule has 1 aromatic carbocycles. The Hall–Kier alpha value is -1.62. The second-order valence-corrected chi connectivity index (χ2v) is 6.25. The lowest BCUT2D eigenvalue weighted by Gasteiger charge is -2.04. The molecule has 0 aromatic heterocycles. The van der Waals surface area contributed by atoms with Crippen molar-refractivity contribution in [2.45, 2.75) is 19.8 Å². The quantitative estimate of drug-likeness (QED) is 0.627. The summed E-state index contributed by atoms with van der Waals surface area (Å²) in [5.41, 5.74) is 1.54. The lowest BCUT2D eigenvalue weighted by atomic mass is 10.0. The van der Waals surface area contributed by atoms with Crippen molar-refractivity contribution in [1.82, 2.24) is 0 Å². The molecule has 102 valence electrons. The summed E-state index contributed by atoms with van der Waals surface area (Å²) in [5, 5.41) is 0. The molecule has 4 nitrogen and oxygen atoms in total. The summed E-state index contributed by atoms with van der Waals surface area (Å²) in [7, 11) is -3.56. The van der Waals surface area contributed by atoms with Gasteiger partial charge in [0.1, 0.15) is 5.75 Å². The molecule has 1 aliphatic rings. The summed E-state index contributed by atoms with van der Waals surface area (Å²) in [4.78, 5) is 12.2. The number of hydrogen-bond donors (Lipinski definition) is 0. The van der Waals surface area contributed by atoms with Crippen LogP contribution in [-0.4, -0.2) is 20.5 Å². The van der Waals surface area contributed by atoms with E-state index >= 15 is 0 Å². The maximum absolute atomic E-state index is 12.2. The van der Waals surface area contributed by atoms with Gasteiger partial charge in [0.25, 0.3) is 0 Å². The molecule has 0 saturated carbocycles. The van der Waals surface area contributed by atoms with Crippen LogP contribution < -0.4 is 4.18 Å². The van der Waals surface area contributed by atoms with E-state index in [0.717, 1.165) is 11.8 Å². The summed E-state index contributed by atoms with van der Waals surface area (Å²) in [6.07, 6.45) is 6.30. The molecule has 1 aromatic rings. The fourth-order valence-corrected chi connectivity index (χ4v) is 2.71. The maximum atomic E-state index is 12.2. The van der Waals surface area contributed by atoms with Crippen LogP contribution in [0.25, 0.3) is 0 Å². The van der Waals surface area contributed by atoms with Gasteiger partial charge in [-0.1, -0.05) is 18.2 Å². The third-order valence-electron chi connectivity index (χ3n) is 3.09. The number of ketones is 1. The second-order valence-electron chi connectivity index (χ2n) is 4.68. The number of Topliss-reactive ketones (excluding diaryl/α,β-unsaturated/α-hetero) is 1. The van der Waals surface area contributed by atoms with Crippen molar-refractivity contribution in [2.75, 3.05) is 6.26 Å². The molecule has 1 aliphatic carbocycles. The number of carbonyl (C=O) groups excluding carboxylic acids is 1. The van der Waals surface area contributed by atoms with Crippen LogP contribution in [0.2, 0.25) is 0 Å². The Morgan fingerprint density at radius 2 is 2.16 bits per heavy atom. The van der Waals surface area contributed by atoms with Gasteiger partial charge in [0.05, 0.1) is 6.26 Å². The SMILES string of the molecule is CC=CC[C@H]1Cc2ccc(OS(C)(=O)=O)cc2C1=O. The van der Waals surface area contributed by atoms with E-state index in [9.17, 15) is 13.2 Å². The van der Waals surface area contributed by atoms with Crippen molar-refractivity contribution in [2.24, 2.45) is 5.92 Å². The third kappa shape index (κ3) is 3.23. The van der Waals surface area contributed by atoms with Crippen LogP contribution in [0.5, 0.6) is 5.75 Å². The topological polar surface area (TPSA) is 60.4 Å². The minimum absolute atomic E-state index is 0.0420. The monoisotopic (exact) mass is 280 g/mol. The lowest BCUT2D eigenvalue weighted by Crippen LogP contribution is -2.08. The Kier molecular flexibility index (Phi) is 3.75. The lowest BCUT2D eigenvalue weighted by molar-refractivity contribution is 0.0937. The fourth-order valence-electron chi connectivity index (χ4n) is 2.26. The summed E-state index contributed by atoms with van der Waals surface area (Å²) in [6.45, 7) is 1.92. The van der Waals surface area contributed by atoms with Crippen LogP contribution in [0, 0.1) is 5.92 Å². The van der Waals surface area contributed by atoms with Gasteiger partial charge in [-0.3, -0.25) is 4.79 Å². The number of rotatable bonds is 4. The van der Waals surface area contributed by atoms with Gasteiger partial charge >= 0.3 is 10.1 Å². The van der Waals surface area contributed by atoms with Gasteiger partial charge in [-0.25, -0.2) is 0 Å². The molecule has 0 bridgehead atoms. The molecule has 19 heavy (non-hydrogen) atoms. The van der Waals surface area contributed by atoms with Crippen LogP contribution in [0.4, 0.5) is 0 Å². The van der Waals surface area contributed by atoms with Gasteiger partial charge in [0, 0.05) is 11.5 Å². The van der Waals surface area contributed by atoms with Crippen LogP contribution in [0.3, 0.4) is 0 Å². The number of carbonyl (C=O) groups is 1. The highest BCUT2D eigenvalue weighted by Gasteiger charge is 2.30. The summed E-state index contributed by atoms with van der Waals surface area (Å²) in [6, 6.07) is 4.88. The first-order chi connectivity index (χ1) is 8.90. The van der Waals surface area contributed by atoms with Crippen molar-refractivity contribution in [3.8, 4) is 5.75 Å². The molecule has 0 radical (unpaired) electrons. The van der Waals surface area contributed by atoms with Crippen LogP contribution in [-0.2, 0) is 16.5 Å². The highest BCUT2D eigenvalue weighted by atomic mass is 32.2. The summed E-state index contributed by atoms with van der Waals surface area (Å²) in [5.74, 6) is 0.216. The maximum Gasteiger partial charge on any atom is 0.306 e. The van der Waals surface area contributed by atoms with E-state index in [2.05, 4.69) is 0 Å². The fraction of sp³-hybridized carbons (Fsp3) is 0.357. The average molecular weight is 280 g/mol. The third-order valence-corrected chi connectivity index (χ3v) is 3.58. The first-order valence-electron chi connectivity index (χ1n) is 6.08. The van der Waals surface area contributed by atoms with Crippen molar-refractivity contribution >= 4 is 15.9 Å². The molecule has 0 spiro atoms. The molecule has 0 unspecified atom stereocenters. The normalized spacial score (nSPS) is 18.8. The van der Waals surface area contributed by atoms with Gasteiger partial charge in [-0.05, 0) is 37.5 Å². The van der Waals surface area contributed by atoms with E-state index in [4.69, 9.17) is 4.18 Å². The predicted molar refractivity (Wildman–Crippen MR) is 72.9 cm³/mol. The molecule has 0 N–H and O–H groups in total. The Labute approximate surface area is 113 Å². The van der Waals surface area contributed by atoms with E-state index in [-0.39, 0.29) is 17.5 Å². The number of allylic oxidation sites excluding steroid dienone is 2. The number of hydrogen-bond acceptors (Lipinski definition) is 4. The highest BCUT2D eigenvalue weighted by molar-refractivity contribution is 7.86. The van der Waals surface area contributed by atoms with Gasteiger partial charge in [0.15, 0.2) is 5.78 Å². The van der Waals surface area contributed by atoms with Gasteiger partial charge in [0.2, 0.25) is 0 Å². The van der Waals surface area contributed by atoms with Crippen molar-refractivity contribution < 1.29 is 17.4 Å². The zero-order chi connectivity index (χ0) is 14.0. The van der Waals surface area contributed by atoms with Crippen LogP contribution in [0.1, 0.15) is 29.3 Å². The molecule has 0 saturated heterocycles. The largest absolute Gasteiger partial charge is 0.383 e. The average Bonchev–Trinajstić information content (AvgIpc) is 2.62. The molecule has 0 heterocycles. The Morgan fingerprint density at radius 3 is 2.79 bits per heavy atom. The molecule has 5 heteroatoms. The second kappa shape index (κ2) is 5.17. The van der Waals surface area contributed by atoms with Crippen molar-refractivity contribution in [3.63, 3.8) is 0 Å². The Balaban J connectivity index is 2.25. The predicted octanol–water partition coefficient (Wildman–Crippen LogP) is 2.35. The molecule has 0 amide bonds. The van der Waals surface area contributed by atoms with Crippen LogP contribution in [0.15, 0.2) is 30.4 Å². The standard InChI is InChI=1S/C14H16O4S/c1-3-4-5-11-8-10-6-7-12(18-19(2,16)17)9-13(10)14(11)15/h3-4,6-7,9,11H,5,8H2,1-2H3/t11-/m0/s1. The summed E-state index contributed by atoms with van der Waals surface area (Å²) < 4.78 is 26.9. The molecule has 2 rings (SSSR count). The van der Waals surface area contributed by atoms with Crippen molar-refractivity contribution in [3.05, 3.63) is 41.5 Å². The van der Waals surface area contributed by atoms with E-state index in [0.29, 0.717) is 18.4 Å². The zero-order valence-corrected chi connectivity index (χ0v) is 11.7.